The van der Waals surface area contributed by atoms with Crippen LogP contribution in [-0.4, -0.2) is 35.1 Å². The van der Waals surface area contributed by atoms with Crippen LogP contribution in [0.3, 0.4) is 0 Å². The molecule has 1 aromatic heterocycles. The maximum Gasteiger partial charge on any atom is 0.190 e. The van der Waals surface area contributed by atoms with Crippen molar-refractivity contribution in [3.63, 3.8) is 0 Å². The molecule has 2 aliphatic carbocycles. The van der Waals surface area contributed by atoms with Crippen LogP contribution >= 0.6 is 0 Å². The lowest BCUT2D eigenvalue weighted by Gasteiger charge is -2.37. The molecule has 160 valence electrons. The number of nitrogens with two attached hydrogens (primary N) is 1. The fourth-order valence-electron chi connectivity index (χ4n) is 4.70. The van der Waals surface area contributed by atoms with Crippen molar-refractivity contribution in [2.24, 2.45) is 11.7 Å². The Bertz CT molecular complexity index is 902. The summed E-state index contributed by atoms with van der Waals surface area (Å²) >= 11 is 0. The number of ether oxygens (including phenoxy) is 1. The normalized spacial score (nSPS) is 25.9. The molecule has 1 saturated heterocycles. The summed E-state index contributed by atoms with van der Waals surface area (Å²) < 4.78 is 35.0. The van der Waals surface area contributed by atoms with Crippen molar-refractivity contribution >= 4 is 0 Å². The second-order valence-corrected chi connectivity index (χ2v) is 9.38. The molecule has 6 heteroatoms. The first-order chi connectivity index (χ1) is 14.4. The van der Waals surface area contributed by atoms with Gasteiger partial charge in [-0.15, -0.1) is 0 Å². The Labute approximate surface area is 176 Å². The Morgan fingerprint density at radius 1 is 1.13 bits per heavy atom. The van der Waals surface area contributed by atoms with Gasteiger partial charge in [-0.05, 0) is 81.7 Å². The van der Waals surface area contributed by atoms with Gasteiger partial charge in [0.05, 0.1) is 17.8 Å². The molecule has 0 amide bonds. The number of benzene rings is 1. The lowest BCUT2D eigenvalue weighted by atomic mass is 9.92. The van der Waals surface area contributed by atoms with Gasteiger partial charge >= 0.3 is 0 Å². The van der Waals surface area contributed by atoms with Crippen LogP contribution in [0.4, 0.5) is 8.78 Å². The van der Waals surface area contributed by atoms with Crippen LogP contribution < -0.4 is 10.5 Å². The summed E-state index contributed by atoms with van der Waals surface area (Å²) in [6.07, 6.45) is 8.12. The Balaban J connectivity index is 1.24. The van der Waals surface area contributed by atoms with E-state index in [9.17, 15) is 8.78 Å². The monoisotopic (exact) mass is 413 g/mol. The maximum atomic E-state index is 14.7. The minimum atomic E-state index is -0.671. The van der Waals surface area contributed by atoms with Crippen molar-refractivity contribution in [2.75, 3.05) is 13.2 Å². The molecule has 2 heterocycles. The second kappa shape index (κ2) is 7.57. The first-order valence-electron chi connectivity index (χ1n) is 11.1. The average molecular weight is 414 g/mol. The van der Waals surface area contributed by atoms with Crippen LogP contribution in [-0.2, 0) is 5.54 Å². The summed E-state index contributed by atoms with van der Waals surface area (Å²) in [6, 6.07) is 7.57. The van der Waals surface area contributed by atoms with E-state index in [1.54, 1.807) is 6.20 Å². The highest BCUT2D eigenvalue weighted by atomic mass is 19.1. The van der Waals surface area contributed by atoms with Gasteiger partial charge in [0.1, 0.15) is 0 Å². The van der Waals surface area contributed by atoms with E-state index >= 15 is 0 Å². The first-order valence-corrected chi connectivity index (χ1v) is 11.1. The van der Waals surface area contributed by atoms with E-state index < -0.39 is 11.6 Å². The molecule has 0 bridgehead atoms. The highest BCUT2D eigenvalue weighted by Gasteiger charge is 2.41. The molecule has 2 N–H and O–H groups in total. The van der Waals surface area contributed by atoms with E-state index in [1.807, 2.05) is 12.1 Å². The molecule has 5 rings (SSSR count). The predicted molar refractivity (Wildman–Crippen MR) is 112 cm³/mol. The molecule has 1 aliphatic heterocycles. The minimum Gasteiger partial charge on any atom is -0.487 e. The third-order valence-corrected chi connectivity index (χ3v) is 6.91. The Morgan fingerprint density at radius 3 is 2.43 bits per heavy atom. The quantitative estimate of drug-likeness (QED) is 0.751. The number of hydrogen-bond acceptors (Lipinski definition) is 4. The molecular weight excluding hydrogens is 384 g/mol. The van der Waals surface area contributed by atoms with E-state index in [0.29, 0.717) is 29.7 Å². The molecule has 4 nitrogen and oxygen atoms in total. The van der Waals surface area contributed by atoms with Gasteiger partial charge in [-0.25, -0.2) is 8.78 Å². The Kier molecular flexibility index (Phi) is 5.02. The number of nitrogens with zero attached hydrogens (tertiary/aromatic N) is 2. The summed E-state index contributed by atoms with van der Waals surface area (Å²) in [5.74, 6) is -1.29. The van der Waals surface area contributed by atoms with E-state index in [0.717, 1.165) is 44.0 Å². The van der Waals surface area contributed by atoms with Gasteiger partial charge in [0.25, 0.3) is 0 Å². The number of likely N-dealkylation sites (tertiary alicyclic amines) is 1. The van der Waals surface area contributed by atoms with E-state index in [4.69, 9.17) is 10.5 Å². The third kappa shape index (κ3) is 3.95. The SMILES string of the molecule is CC1CC(COc2c(F)cc(-c3ccc(C4(N)CC4)nc3)cc2F)CCN1C1CC1. The van der Waals surface area contributed by atoms with E-state index in [1.165, 1.54) is 25.0 Å². The van der Waals surface area contributed by atoms with Crippen LogP contribution in [0.1, 0.15) is 51.1 Å². The van der Waals surface area contributed by atoms with Gasteiger partial charge in [-0.2, -0.15) is 0 Å². The molecule has 2 saturated carbocycles. The van der Waals surface area contributed by atoms with Crippen molar-refractivity contribution in [1.82, 2.24) is 9.88 Å². The summed E-state index contributed by atoms with van der Waals surface area (Å²) in [7, 11) is 0. The molecule has 3 aliphatic rings. The summed E-state index contributed by atoms with van der Waals surface area (Å²) in [6.45, 7) is 3.65. The smallest absolute Gasteiger partial charge is 0.190 e. The summed E-state index contributed by atoms with van der Waals surface area (Å²) in [5.41, 5.74) is 7.77. The van der Waals surface area contributed by atoms with Gasteiger partial charge in [-0.1, -0.05) is 6.07 Å². The molecule has 2 aromatic rings. The average Bonchev–Trinajstić information content (AvgIpc) is 3.65. The fourth-order valence-corrected chi connectivity index (χ4v) is 4.70. The molecule has 3 fully saturated rings. The zero-order valence-electron chi connectivity index (χ0n) is 17.4. The number of pyridine rings is 1. The van der Waals surface area contributed by atoms with Crippen LogP contribution in [0.25, 0.3) is 11.1 Å². The van der Waals surface area contributed by atoms with Gasteiger partial charge < -0.3 is 10.5 Å². The largest absolute Gasteiger partial charge is 0.487 e. The number of aromatic nitrogens is 1. The highest BCUT2D eigenvalue weighted by molar-refractivity contribution is 5.64. The van der Waals surface area contributed by atoms with Crippen LogP contribution in [0.15, 0.2) is 30.5 Å². The van der Waals surface area contributed by atoms with Crippen molar-refractivity contribution in [1.29, 1.82) is 0 Å². The molecular formula is C24H29F2N3O. The van der Waals surface area contributed by atoms with Crippen LogP contribution in [0.5, 0.6) is 5.75 Å². The first kappa shape index (κ1) is 19.9. The van der Waals surface area contributed by atoms with Crippen LogP contribution in [0, 0.1) is 17.6 Å². The number of halogens is 2. The van der Waals surface area contributed by atoms with Gasteiger partial charge in [0.15, 0.2) is 17.4 Å². The topological polar surface area (TPSA) is 51.4 Å². The Morgan fingerprint density at radius 2 is 1.87 bits per heavy atom. The second-order valence-electron chi connectivity index (χ2n) is 9.38. The van der Waals surface area contributed by atoms with Crippen LogP contribution in [0.2, 0.25) is 0 Å². The summed E-state index contributed by atoms with van der Waals surface area (Å²) in [4.78, 5) is 6.96. The van der Waals surface area contributed by atoms with E-state index in [2.05, 4.69) is 16.8 Å². The minimum absolute atomic E-state index is 0.278. The molecule has 2 unspecified atom stereocenters. The van der Waals surface area contributed by atoms with Gasteiger partial charge in [0.2, 0.25) is 0 Å². The standard InChI is InChI=1S/C24H29F2N3O/c1-15-10-16(6-9-29(15)19-3-4-19)14-30-23-20(25)11-18(12-21(23)26)17-2-5-22(28-13-17)24(27)7-8-24/h2,5,11-13,15-16,19H,3-4,6-10,14,27H2,1H3. The lowest BCUT2D eigenvalue weighted by molar-refractivity contribution is 0.0875. The van der Waals surface area contributed by atoms with Gasteiger partial charge in [0, 0.05) is 23.8 Å². The predicted octanol–water partition coefficient (Wildman–Crippen LogP) is 4.62. The molecule has 0 radical (unpaired) electrons. The molecule has 30 heavy (non-hydrogen) atoms. The zero-order chi connectivity index (χ0) is 20.9. The third-order valence-electron chi connectivity index (χ3n) is 6.91. The molecule has 0 spiro atoms. The number of hydrogen-bond donors (Lipinski definition) is 1. The zero-order valence-corrected chi connectivity index (χ0v) is 17.4. The van der Waals surface area contributed by atoms with Crippen molar-refractivity contribution in [3.8, 4) is 16.9 Å². The van der Waals surface area contributed by atoms with Crippen molar-refractivity contribution in [3.05, 3.63) is 47.8 Å². The maximum absolute atomic E-state index is 14.7. The Hall–Kier alpha value is -2.05. The number of piperidine rings is 1. The summed E-state index contributed by atoms with van der Waals surface area (Å²) in [5, 5.41) is 0. The van der Waals surface area contributed by atoms with E-state index in [-0.39, 0.29) is 11.3 Å². The van der Waals surface area contributed by atoms with Gasteiger partial charge in [-0.3, -0.25) is 9.88 Å². The number of rotatable bonds is 6. The fraction of sp³-hybridized carbons (Fsp3) is 0.542. The molecule has 2 atom stereocenters. The molecule has 1 aromatic carbocycles. The van der Waals surface area contributed by atoms with Crippen molar-refractivity contribution < 1.29 is 13.5 Å². The lowest BCUT2D eigenvalue weighted by Crippen LogP contribution is -2.43. The van der Waals surface area contributed by atoms with Crippen molar-refractivity contribution in [2.45, 2.75) is 63.1 Å². The highest BCUT2D eigenvalue weighted by Crippen LogP contribution is 2.42.